The van der Waals surface area contributed by atoms with Gasteiger partial charge in [0.25, 0.3) is 5.91 Å². The van der Waals surface area contributed by atoms with Gasteiger partial charge >= 0.3 is 5.97 Å². The Morgan fingerprint density at radius 1 is 1.17 bits per heavy atom. The zero-order valence-corrected chi connectivity index (χ0v) is 11.2. The first kappa shape index (κ1) is 14.2. The van der Waals surface area contributed by atoms with Crippen molar-refractivity contribution in [1.29, 1.82) is 0 Å². The molecule has 1 aromatic carbocycles. The molecule has 4 heteroatoms. The third-order valence-corrected chi connectivity index (χ3v) is 2.76. The average molecular weight is 249 g/mol. The lowest BCUT2D eigenvalue weighted by Gasteiger charge is -2.35. The average Bonchev–Trinajstić information content (AvgIpc) is 2.27. The number of hydrogen-bond donors (Lipinski definition) is 1. The molecule has 0 heterocycles. The molecular formula is C14H19NO3. The van der Waals surface area contributed by atoms with E-state index >= 15 is 0 Å². The maximum Gasteiger partial charge on any atom is 0.336 e. The zero-order valence-electron chi connectivity index (χ0n) is 11.2. The summed E-state index contributed by atoms with van der Waals surface area (Å²) in [6, 6.07) is 6.30. The molecule has 4 nitrogen and oxygen atoms in total. The van der Waals surface area contributed by atoms with Crippen molar-refractivity contribution in [3.63, 3.8) is 0 Å². The van der Waals surface area contributed by atoms with E-state index in [2.05, 4.69) is 0 Å². The highest BCUT2D eigenvalue weighted by Crippen LogP contribution is 2.19. The number of rotatable bonds is 3. The normalized spacial score (nSPS) is 11.1. The number of carboxylic acid groups (broad SMARTS) is 1. The fraction of sp³-hybridized carbons (Fsp3) is 0.429. The minimum atomic E-state index is -1.08. The van der Waals surface area contributed by atoms with Crippen molar-refractivity contribution in [2.24, 2.45) is 0 Å². The first-order valence-electron chi connectivity index (χ1n) is 5.93. The lowest BCUT2D eigenvalue weighted by molar-refractivity contribution is 0.0582. The van der Waals surface area contributed by atoms with E-state index in [9.17, 15) is 9.59 Å². The smallest absolute Gasteiger partial charge is 0.336 e. The summed E-state index contributed by atoms with van der Waals surface area (Å²) in [5.41, 5.74) is -0.0516. The quantitative estimate of drug-likeness (QED) is 0.895. The van der Waals surface area contributed by atoms with Crippen LogP contribution in [0.25, 0.3) is 0 Å². The Morgan fingerprint density at radius 2 is 1.67 bits per heavy atom. The second-order valence-electron chi connectivity index (χ2n) is 5.07. The lowest BCUT2D eigenvalue weighted by Crippen LogP contribution is -2.45. The van der Waals surface area contributed by atoms with E-state index in [1.165, 1.54) is 6.07 Å². The maximum atomic E-state index is 12.4. The van der Waals surface area contributed by atoms with Crippen molar-refractivity contribution in [2.75, 3.05) is 6.54 Å². The van der Waals surface area contributed by atoms with Crippen molar-refractivity contribution in [2.45, 2.75) is 33.2 Å². The Morgan fingerprint density at radius 3 is 2.06 bits per heavy atom. The minimum absolute atomic E-state index is 0.0465. The van der Waals surface area contributed by atoms with E-state index < -0.39 is 5.97 Å². The first-order chi connectivity index (χ1) is 8.29. The molecular weight excluding hydrogens is 230 g/mol. The van der Waals surface area contributed by atoms with Crippen LogP contribution in [0.1, 0.15) is 48.4 Å². The molecule has 0 radical (unpaired) electrons. The van der Waals surface area contributed by atoms with Crippen LogP contribution in [-0.4, -0.2) is 34.0 Å². The predicted octanol–water partition coefficient (Wildman–Crippen LogP) is 2.65. The van der Waals surface area contributed by atoms with E-state index in [1.807, 2.05) is 27.7 Å². The van der Waals surface area contributed by atoms with Crippen molar-refractivity contribution in [1.82, 2.24) is 4.90 Å². The number of aromatic carboxylic acids is 1. The third-order valence-electron chi connectivity index (χ3n) is 2.76. The van der Waals surface area contributed by atoms with Crippen LogP contribution in [0.15, 0.2) is 24.3 Å². The molecule has 0 saturated carbocycles. The van der Waals surface area contributed by atoms with Crippen LogP contribution in [0.3, 0.4) is 0 Å². The van der Waals surface area contributed by atoms with Gasteiger partial charge in [0.2, 0.25) is 0 Å². The molecule has 0 unspecified atom stereocenters. The number of carbonyl (C=O) groups is 2. The van der Waals surface area contributed by atoms with Crippen LogP contribution in [-0.2, 0) is 0 Å². The lowest BCUT2D eigenvalue weighted by atomic mass is 10.0. The summed E-state index contributed by atoms with van der Waals surface area (Å²) in [6.45, 7) is 8.20. The van der Waals surface area contributed by atoms with Gasteiger partial charge in [0, 0.05) is 12.1 Å². The SMILES string of the molecule is CCN(C(=O)c1ccccc1C(=O)O)C(C)(C)C. The van der Waals surface area contributed by atoms with Crippen molar-refractivity contribution < 1.29 is 14.7 Å². The first-order valence-corrected chi connectivity index (χ1v) is 5.93. The van der Waals surface area contributed by atoms with Crippen molar-refractivity contribution in [3.05, 3.63) is 35.4 Å². The van der Waals surface area contributed by atoms with Gasteiger partial charge in [-0.3, -0.25) is 4.79 Å². The zero-order chi connectivity index (χ0) is 13.9. The van der Waals surface area contributed by atoms with Gasteiger partial charge in [0.15, 0.2) is 0 Å². The highest BCUT2D eigenvalue weighted by Gasteiger charge is 2.28. The third kappa shape index (κ3) is 2.88. The standard InChI is InChI=1S/C14H19NO3/c1-5-15(14(2,3)4)12(16)10-8-6-7-9-11(10)13(17)18/h6-9H,5H2,1-4H3,(H,17,18). The summed E-state index contributed by atoms with van der Waals surface area (Å²) in [6.07, 6.45) is 0. The van der Waals surface area contributed by atoms with E-state index in [1.54, 1.807) is 23.1 Å². The van der Waals surface area contributed by atoms with Gasteiger partial charge in [0.1, 0.15) is 0 Å². The molecule has 1 aromatic rings. The molecule has 1 amide bonds. The van der Waals surface area contributed by atoms with Gasteiger partial charge in [-0.15, -0.1) is 0 Å². The summed E-state index contributed by atoms with van der Waals surface area (Å²) < 4.78 is 0. The van der Waals surface area contributed by atoms with Gasteiger partial charge in [0.05, 0.1) is 11.1 Å². The van der Waals surface area contributed by atoms with Gasteiger partial charge in [-0.2, -0.15) is 0 Å². The Balaban J connectivity index is 3.22. The summed E-state index contributed by atoms with van der Waals surface area (Å²) >= 11 is 0. The molecule has 0 aromatic heterocycles. The molecule has 0 spiro atoms. The van der Waals surface area contributed by atoms with Crippen molar-refractivity contribution >= 4 is 11.9 Å². The second-order valence-corrected chi connectivity index (χ2v) is 5.07. The maximum absolute atomic E-state index is 12.4. The van der Waals surface area contributed by atoms with Crippen LogP contribution in [0.2, 0.25) is 0 Å². The topological polar surface area (TPSA) is 57.6 Å². The summed E-state index contributed by atoms with van der Waals surface area (Å²) in [4.78, 5) is 25.2. The highest BCUT2D eigenvalue weighted by molar-refractivity contribution is 6.04. The van der Waals surface area contributed by atoms with Crippen LogP contribution in [0.5, 0.6) is 0 Å². The van der Waals surface area contributed by atoms with E-state index in [4.69, 9.17) is 5.11 Å². The molecule has 0 bridgehead atoms. The van der Waals surface area contributed by atoms with E-state index in [0.29, 0.717) is 6.54 Å². The molecule has 98 valence electrons. The number of benzene rings is 1. The van der Waals surface area contributed by atoms with E-state index in [-0.39, 0.29) is 22.6 Å². The fourth-order valence-electron chi connectivity index (χ4n) is 1.92. The predicted molar refractivity (Wildman–Crippen MR) is 69.9 cm³/mol. The molecule has 1 rings (SSSR count). The fourth-order valence-corrected chi connectivity index (χ4v) is 1.92. The van der Waals surface area contributed by atoms with Crippen LogP contribution in [0, 0.1) is 0 Å². The molecule has 0 aliphatic heterocycles. The Hall–Kier alpha value is -1.84. The molecule has 0 aliphatic rings. The van der Waals surface area contributed by atoms with Gasteiger partial charge in [-0.05, 0) is 39.8 Å². The van der Waals surface area contributed by atoms with E-state index in [0.717, 1.165) is 0 Å². The second kappa shape index (κ2) is 5.21. The number of amides is 1. The molecule has 0 aliphatic carbocycles. The molecule has 0 fully saturated rings. The molecule has 1 N–H and O–H groups in total. The Kier molecular flexibility index (Phi) is 4.11. The van der Waals surface area contributed by atoms with Crippen molar-refractivity contribution in [3.8, 4) is 0 Å². The number of nitrogens with zero attached hydrogens (tertiary/aromatic N) is 1. The van der Waals surface area contributed by atoms with Crippen LogP contribution in [0.4, 0.5) is 0 Å². The Labute approximate surface area is 107 Å². The Bertz CT molecular complexity index is 460. The van der Waals surface area contributed by atoms with Gasteiger partial charge in [-0.1, -0.05) is 12.1 Å². The summed E-state index contributed by atoms with van der Waals surface area (Å²) in [5, 5.41) is 9.10. The number of carboxylic acids is 1. The number of hydrogen-bond acceptors (Lipinski definition) is 2. The van der Waals surface area contributed by atoms with Gasteiger partial charge < -0.3 is 10.0 Å². The largest absolute Gasteiger partial charge is 0.478 e. The molecule has 0 saturated heterocycles. The summed E-state index contributed by atoms with van der Waals surface area (Å²) in [5.74, 6) is -1.33. The van der Waals surface area contributed by atoms with Crippen LogP contribution < -0.4 is 0 Å². The number of carbonyl (C=O) groups excluding carboxylic acids is 1. The minimum Gasteiger partial charge on any atom is -0.478 e. The van der Waals surface area contributed by atoms with Crippen LogP contribution >= 0.6 is 0 Å². The van der Waals surface area contributed by atoms with Gasteiger partial charge in [-0.25, -0.2) is 4.79 Å². The molecule has 0 atom stereocenters. The highest BCUT2D eigenvalue weighted by atomic mass is 16.4. The summed E-state index contributed by atoms with van der Waals surface area (Å²) in [7, 11) is 0. The monoisotopic (exact) mass is 249 g/mol. The molecule has 18 heavy (non-hydrogen) atoms.